The van der Waals surface area contributed by atoms with Gasteiger partial charge >= 0.3 is 5.69 Å². The summed E-state index contributed by atoms with van der Waals surface area (Å²) in [6.45, 7) is 0.815. The lowest BCUT2D eigenvalue weighted by Crippen LogP contribution is -2.32. The number of nitrogens with one attached hydrogen (secondary N) is 2. The lowest BCUT2D eigenvalue weighted by atomic mass is 10.1. The van der Waals surface area contributed by atoms with Crippen LogP contribution in [0, 0.1) is 0 Å². The number of benzene rings is 2. The Hall–Kier alpha value is -3.15. The molecule has 6 heteroatoms. The van der Waals surface area contributed by atoms with Gasteiger partial charge in [-0.1, -0.05) is 42.5 Å². The monoisotopic (exact) mass is 351 g/mol. The molecular formula is C20H21N3O3. The summed E-state index contributed by atoms with van der Waals surface area (Å²) in [5.74, 6) is -0.111. The van der Waals surface area contributed by atoms with Crippen LogP contribution in [0.1, 0.15) is 18.4 Å². The summed E-state index contributed by atoms with van der Waals surface area (Å²) >= 11 is 0. The number of amides is 1. The number of aromatic amines is 1. The third-order valence-electron chi connectivity index (χ3n) is 4.27. The first-order chi connectivity index (χ1) is 12.6. The third kappa shape index (κ3) is 4.27. The Morgan fingerprint density at radius 2 is 1.73 bits per heavy atom. The van der Waals surface area contributed by atoms with Crippen molar-refractivity contribution in [1.29, 1.82) is 0 Å². The molecule has 0 aliphatic carbocycles. The largest absolute Gasteiger partial charge is 0.356 e. The Labute approximate surface area is 150 Å². The minimum atomic E-state index is -0.495. The number of H-pyrrole nitrogens is 1. The van der Waals surface area contributed by atoms with Crippen molar-refractivity contribution in [3.05, 3.63) is 81.0 Å². The van der Waals surface area contributed by atoms with Crippen molar-refractivity contribution in [3.63, 3.8) is 0 Å². The van der Waals surface area contributed by atoms with Gasteiger partial charge in [0, 0.05) is 19.5 Å². The van der Waals surface area contributed by atoms with Gasteiger partial charge < -0.3 is 5.32 Å². The molecule has 0 saturated carbocycles. The standard InChI is InChI=1S/C20H21N3O3/c24-18(21-13-6-9-15-7-2-1-3-8-15)12-14-23-17-11-5-4-10-16(17)19(25)22-20(23)26/h1-5,7-8,10-11H,6,9,12-14H2,(H,21,24)(H,22,25,26). The number of hydrogen-bond donors (Lipinski definition) is 2. The second kappa shape index (κ2) is 8.29. The van der Waals surface area contributed by atoms with Gasteiger partial charge in [0.2, 0.25) is 5.91 Å². The third-order valence-corrected chi connectivity index (χ3v) is 4.27. The molecule has 6 nitrogen and oxygen atoms in total. The number of aromatic nitrogens is 2. The molecule has 0 spiro atoms. The molecule has 0 saturated heterocycles. The molecule has 1 aromatic heterocycles. The van der Waals surface area contributed by atoms with E-state index in [-0.39, 0.29) is 18.9 Å². The van der Waals surface area contributed by atoms with Crippen LogP contribution in [0.25, 0.3) is 10.9 Å². The highest BCUT2D eigenvalue weighted by molar-refractivity contribution is 5.78. The van der Waals surface area contributed by atoms with Crippen molar-refractivity contribution < 1.29 is 4.79 Å². The van der Waals surface area contributed by atoms with E-state index >= 15 is 0 Å². The van der Waals surface area contributed by atoms with Crippen LogP contribution in [-0.2, 0) is 17.8 Å². The summed E-state index contributed by atoms with van der Waals surface area (Å²) in [6.07, 6.45) is 1.95. The highest BCUT2D eigenvalue weighted by Crippen LogP contribution is 2.07. The molecule has 1 heterocycles. The van der Waals surface area contributed by atoms with Crippen LogP contribution in [-0.4, -0.2) is 22.0 Å². The fraction of sp³-hybridized carbons (Fsp3) is 0.250. The van der Waals surface area contributed by atoms with E-state index in [4.69, 9.17) is 0 Å². The number of rotatable bonds is 7. The van der Waals surface area contributed by atoms with Crippen LogP contribution in [0.2, 0.25) is 0 Å². The Balaban J connectivity index is 1.54. The number of fused-ring (bicyclic) bond motifs is 1. The van der Waals surface area contributed by atoms with Crippen molar-refractivity contribution in [3.8, 4) is 0 Å². The molecule has 3 rings (SSSR count). The Bertz CT molecular complexity index is 1010. The summed E-state index contributed by atoms with van der Waals surface area (Å²) in [7, 11) is 0. The highest BCUT2D eigenvalue weighted by Gasteiger charge is 2.08. The maximum atomic E-state index is 12.1. The van der Waals surface area contributed by atoms with Crippen molar-refractivity contribution in [2.24, 2.45) is 0 Å². The number of nitrogens with zero attached hydrogens (tertiary/aromatic N) is 1. The molecule has 0 radical (unpaired) electrons. The fourth-order valence-corrected chi connectivity index (χ4v) is 2.93. The quantitative estimate of drug-likeness (QED) is 0.637. The molecule has 0 aliphatic heterocycles. The summed E-state index contributed by atoms with van der Waals surface area (Å²) in [5.41, 5.74) is 0.879. The van der Waals surface area contributed by atoms with Gasteiger partial charge in [-0.05, 0) is 30.5 Å². The number of hydrogen-bond acceptors (Lipinski definition) is 3. The van der Waals surface area contributed by atoms with Gasteiger partial charge in [0.25, 0.3) is 5.56 Å². The molecule has 3 aromatic rings. The molecule has 0 atom stereocenters. The molecule has 0 fully saturated rings. The molecule has 1 amide bonds. The minimum Gasteiger partial charge on any atom is -0.356 e. The number of carbonyl (C=O) groups excluding carboxylic acids is 1. The van der Waals surface area contributed by atoms with Gasteiger partial charge in [-0.3, -0.25) is 19.1 Å². The second-order valence-corrected chi connectivity index (χ2v) is 6.12. The van der Waals surface area contributed by atoms with E-state index in [0.717, 1.165) is 12.8 Å². The Morgan fingerprint density at radius 3 is 2.54 bits per heavy atom. The van der Waals surface area contributed by atoms with E-state index in [1.54, 1.807) is 24.3 Å². The normalized spacial score (nSPS) is 10.8. The second-order valence-electron chi connectivity index (χ2n) is 6.12. The van der Waals surface area contributed by atoms with E-state index in [2.05, 4.69) is 22.4 Å². The highest BCUT2D eigenvalue weighted by atomic mass is 16.2. The van der Waals surface area contributed by atoms with E-state index in [1.807, 2.05) is 18.2 Å². The predicted octanol–water partition coefficient (Wildman–Crippen LogP) is 1.83. The first-order valence-electron chi connectivity index (χ1n) is 8.67. The summed E-state index contributed by atoms with van der Waals surface area (Å²) in [5, 5.41) is 3.32. The first kappa shape index (κ1) is 17.7. The zero-order valence-electron chi connectivity index (χ0n) is 14.4. The molecular weight excluding hydrogens is 330 g/mol. The van der Waals surface area contributed by atoms with E-state index in [0.29, 0.717) is 17.4 Å². The maximum Gasteiger partial charge on any atom is 0.328 e. The predicted molar refractivity (Wildman–Crippen MR) is 101 cm³/mol. The molecule has 0 bridgehead atoms. The molecule has 2 N–H and O–H groups in total. The fourth-order valence-electron chi connectivity index (χ4n) is 2.93. The van der Waals surface area contributed by atoms with Gasteiger partial charge in [-0.15, -0.1) is 0 Å². The van der Waals surface area contributed by atoms with Gasteiger partial charge in [-0.25, -0.2) is 4.79 Å². The van der Waals surface area contributed by atoms with Crippen molar-refractivity contribution in [2.75, 3.05) is 6.54 Å². The summed E-state index contributed by atoms with van der Waals surface area (Å²) in [4.78, 5) is 38.2. The lowest BCUT2D eigenvalue weighted by Gasteiger charge is -2.10. The summed E-state index contributed by atoms with van der Waals surface area (Å²) in [6, 6.07) is 17.0. The Kier molecular flexibility index (Phi) is 5.63. The topological polar surface area (TPSA) is 84.0 Å². The smallest absolute Gasteiger partial charge is 0.328 e. The number of para-hydroxylation sites is 1. The molecule has 2 aromatic carbocycles. The van der Waals surface area contributed by atoms with E-state index in [9.17, 15) is 14.4 Å². The first-order valence-corrected chi connectivity index (χ1v) is 8.67. The average molecular weight is 351 g/mol. The molecule has 26 heavy (non-hydrogen) atoms. The molecule has 0 unspecified atom stereocenters. The van der Waals surface area contributed by atoms with Crippen LogP contribution in [0.3, 0.4) is 0 Å². The van der Waals surface area contributed by atoms with Crippen molar-refractivity contribution >= 4 is 16.8 Å². The number of carbonyl (C=O) groups is 1. The van der Waals surface area contributed by atoms with Gasteiger partial charge in [0.05, 0.1) is 10.9 Å². The molecule has 134 valence electrons. The van der Waals surface area contributed by atoms with Crippen LogP contribution in [0.5, 0.6) is 0 Å². The lowest BCUT2D eigenvalue weighted by molar-refractivity contribution is -0.121. The molecule has 0 aliphatic rings. The Morgan fingerprint density at radius 1 is 1.00 bits per heavy atom. The van der Waals surface area contributed by atoms with Crippen molar-refractivity contribution in [2.45, 2.75) is 25.8 Å². The van der Waals surface area contributed by atoms with Gasteiger partial charge in [-0.2, -0.15) is 0 Å². The van der Waals surface area contributed by atoms with Crippen LogP contribution in [0.4, 0.5) is 0 Å². The van der Waals surface area contributed by atoms with E-state index < -0.39 is 11.2 Å². The van der Waals surface area contributed by atoms with E-state index in [1.165, 1.54) is 10.1 Å². The average Bonchev–Trinajstić information content (AvgIpc) is 2.66. The maximum absolute atomic E-state index is 12.1. The van der Waals surface area contributed by atoms with Gasteiger partial charge in [0.1, 0.15) is 0 Å². The number of aryl methyl sites for hydroxylation is 2. The van der Waals surface area contributed by atoms with Crippen LogP contribution in [0.15, 0.2) is 64.2 Å². The summed E-state index contributed by atoms with van der Waals surface area (Å²) < 4.78 is 1.43. The van der Waals surface area contributed by atoms with Crippen LogP contribution < -0.4 is 16.6 Å². The van der Waals surface area contributed by atoms with Crippen molar-refractivity contribution in [1.82, 2.24) is 14.9 Å². The minimum absolute atomic E-state index is 0.111. The van der Waals surface area contributed by atoms with Crippen LogP contribution >= 0.6 is 0 Å². The SMILES string of the molecule is O=C(CCn1c(=O)[nH]c(=O)c2ccccc21)NCCCc1ccccc1. The zero-order valence-corrected chi connectivity index (χ0v) is 14.4. The zero-order chi connectivity index (χ0) is 18.4. The van der Waals surface area contributed by atoms with Gasteiger partial charge in [0.15, 0.2) is 0 Å².